The summed E-state index contributed by atoms with van der Waals surface area (Å²) in [6.07, 6.45) is 10.9. The fourth-order valence-electron chi connectivity index (χ4n) is 3.31. The minimum atomic E-state index is -10.7. The van der Waals surface area contributed by atoms with Crippen molar-refractivity contribution < 1.29 is 29.7 Å². The molecular weight excluding hydrogens is 389 g/mol. The van der Waals surface area contributed by atoms with Crippen molar-refractivity contribution in [3.05, 3.63) is 0 Å². The molecule has 1 unspecified atom stereocenters. The number of nitriles is 1. The molecule has 0 saturated heterocycles. The van der Waals surface area contributed by atoms with E-state index in [-0.39, 0.29) is 0 Å². The van der Waals surface area contributed by atoms with Crippen LogP contribution in [0.15, 0.2) is 0 Å². The summed E-state index contributed by atoms with van der Waals surface area (Å²) in [6, 6.07) is 3.04. The number of halogens is 6. The van der Waals surface area contributed by atoms with Gasteiger partial charge >= 0.3 is 33.0 Å². The summed E-state index contributed by atoms with van der Waals surface area (Å²) >= 11 is 0. The molecule has 0 aromatic heterocycles. The van der Waals surface area contributed by atoms with Gasteiger partial charge in [0.1, 0.15) is 6.04 Å². The summed E-state index contributed by atoms with van der Waals surface area (Å²) in [5, 5.41) is 9.24. The molecule has 0 radical (unpaired) electrons. The Labute approximate surface area is 160 Å². The number of rotatable bonds is 13. The zero-order valence-corrected chi connectivity index (χ0v) is 18.1. The molecule has 0 aromatic carbocycles. The molecule has 0 N–H and O–H groups in total. The number of nitrogens with zero attached hydrogens (tertiary/aromatic N) is 2. The monoisotopic (exact) mass is 426 g/mol. The quantitative estimate of drug-likeness (QED) is 0.164. The predicted octanol–water partition coefficient (Wildman–Crippen LogP) is 8.67. The SMILES string of the molecule is CCCC[N+](CCCC)(CCCC)C(CC#N)CCC.F[P-](F)(F)(F)(F)F. The Morgan fingerprint density at radius 3 is 1.30 bits per heavy atom. The van der Waals surface area contributed by atoms with Gasteiger partial charge in [0.15, 0.2) is 0 Å². The zero-order valence-electron chi connectivity index (χ0n) is 17.2. The van der Waals surface area contributed by atoms with E-state index < -0.39 is 7.81 Å². The van der Waals surface area contributed by atoms with Crippen LogP contribution in [0.5, 0.6) is 0 Å². The third kappa shape index (κ3) is 20.0. The van der Waals surface area contributed by atoms with Gasteiger partial charge in [-0.2, -0.15) is 5.26 Å². The van der Waals surface area contributed by atoms with Crippen LogP contribution in [-0.4, -0.2) is 30.2 Å². The van der Waals surface area contributed by atoms with Crippen LogP contribution in [0.3, 0.4) is 0 Å². The average molecular weight is 426 g/mol. The van der Waals surface area contributed by atoms with Gasteiger partial charge in [-0.25, -0.2) is 0 Å². The molecule has 0 bridgehead atoms. The Kier molecular flexibility index (Phi) is 12.2. The van der Waals surface area contributed by atoms with E-state index in [1.807, 2.05) is 0 Å². The first kappa shape index (κ1) is 28.7. The van der Waals surface area contributed by atoms with Crippen LogP contribution in [0.25, 0.3) is 0 Å². The van der Waals surface area contributed by atoms with E-state index in [1.54, 1.807) is 0 Å². The van der Waals surface area contributed by atoms with Crippen molar-refractivity contribution in [1.82, 2.24) is 0 Å². The molecule has 0 aromatic rings. The summed E-state index contributed by atoms with van der Waals surface area (Å²) in [6.45, 7) is 13.0. The molecule has 0 rings (SSSR count). The van der Waals surface area contributed by atoms with E-state index in [2.05, 4.69) is 33.8 Å². The van der Waals surface area contributed by atoms with Gasteiger partial charge in [0.05, 0.1) is 32.1 Å². The summed E-state index contributed by atoms with van der Waals surface area (Å²) in [5.41, 5.74) is 0. The van der Waals surface area contributed by atoms with Crippen molar-refractivity contribution in [2.45, 2.75) is 91.5 Å². The van der Waals surface area contributed by atoms with E-state index in [9.17, 15) is 30.4 Å². The molecule has 0 aliphatic rings. The van der Waals surface area contributed by atoms with Gasteiger partial charge in [0.25, 0.3) is 0 Å². The van der Waals surface area contributed by atoms with Crippen molar-refractivity contribution in [2.24, 2.45) is 0 Å². The summed E-state index contributed by atoms with van der Waals surface area (Å²) in [7, 11) is -10.7. The zero-order chi connectivity index (χ0) is 21.7. The van der Waals surface area contributed by atoms with E-state index >= 15 is 0 Å². The Hall–Kier alpha value is -0.540. The fraction of sp³-hybridized carbons (Fsp3) is 0.944. The summed E-state index contributed by atoms with van der Waals surface area (Å²) in [5.74, 6) is 0. The van der Waals surface area contributed by atoms with E-state index in [0.717, 1.165) is 6.42 Å². The first-order valence-electron chi connectivity index (χ1n) is 9.94. The number of hydrogen-bond acceptors (Lipinski definition) is 1. The normalized spacial score (nSPS) is 15.7. The van der Waals surface area contributed by atoms with Crippen molar-refractivity contribution >= 4 is 7.81 Å². The maximum absolute atomic E-state index is 10.7. The van der Waals surface area contributed by atoms with Crippen LogP contribution in [-0.2, 0) is 0 Å². The molecule has 0 aliphatic heterocycles. The molecular formula is C18H37F6N2P. The molecule has 0 amide bonds. The van der Waals surface area contributed by atoms with Gasteiger partial charge in [0, 0.05) is 6.42 Å². The number of quaternary nitrogens is 1. The second-order valence-corrected chi connectivity index (χ2v) is 9.13. The van der Waals surface area contributed by atoms with E-state index in [4.69, 9.17) is 0 Å². The molecule has 0 spiro atoms. The maximum atomic E-state index is 9.87. The molecule has 0 aliphatic carbocycles. The van der Waals surface area contributed by atoms with Gasteiger partial charge in [-0.3, -0.25) is 0 Å². The first-order chi connectivity index (χ1) is 12.2. The van der Waals surface area contributed by atoms with Crippen molar-refractivity contribution in [3.8, 4) is 6.07 Å². The van der Waals surface area contributed by atoms with Crippen LogP contribution in [0.4, 0.5) is 25.2 Å². The molecule has 0 heterocycles. The molecule has 1 atom stereocenters. The average Bonchev–Trinajstić information content (AvgIpc) is 2.51. The standard InChI is InChI=1S/C18H37N2.F6P/c1-5-9-15-20(16-10-6-2,17-11-7-3)18(12-8-4)13-14-19;1-7(2,3,4,5)6/h18H,5-13,15-17H2,1-4H3;/q+1;-1. The molecule has 27 heavy (non-hydrogen) atoms. The second-order valence-electron chi connectivity index (χ2n) is 7.21. The Morgan fingerprint density at radius 1 is 0.741 bits per heavy atom. The predicted molar refractivity (Wildman–Crippen MR) is 102 cm³/mol. The van der Waals surface area contributed by atoms with E-state index in [1.165, 1.54) is 75.5 Å². The molecule has 166 valence electrons. The van der Waals surface area contributed by atoms with Crippen LogP contribution in [0.1, 0.15) is 85.5 Å². The number of unbranched alkanes of at least 4 members (excludes halogenated alkanes) is 3. The fourth-order valence-corrected chi connectivity index (χ4v) is 3.31. The minimum absolute atomic E-state index is 0.564. The Bertz CT molecular complexity index is 397. The van der Waals surface area contributed by atoms with Gasteiger partial charge in [-0.1, -0.05) is 53.4 Å². The topological polar surface area (TPSA) is 23.8 Å². The molecule has 2 nitrogen and oxygen atoms in total. The van der Waals surface area contributed by atoms with Crippen LogP contribution >= 0.6 is 7.81 Å². The van der Waals surface area contributed by atoms with Crippen LogP contribution in [0, 0.1) is 11.3 Å². The third-order valence-corrected chi connectivity index (χ3v) is 4.59. The van der Waals surface area contributed by atoms with Crippen LogP contribution in [0.2, 0.25) is 0 Å². The molecule has 0 fully saturated rings. The van der Waals surface area contributed by atoms with Gasteiger partial charge in [-0.05, 0) is 19.3 Å². The van der Waals surface area contributed by atoms with E-state index in [0.29, 0.717) is 6.04 Å². The Balaban J connectivity index is 0. The van der Waals surface area contributed by atoms with Crippen LogP contribution < -0.4 is 0 Å². The molecule has 9 heteroatoms. The number of hydrogen-bond donors (Lipinski definition) is 0. The summed E-state index contributed by atoms with van der Waals surface area (Å²) in [4.78, 5) is 0. The van der Waals surface area contributed by atoms with Gasteiger partial charge in [-0.15, -0.1) is 0 Å². The Morgan fingerprint density at radius 2 is 1.07 bits per heavy atom. The third-order valence-electron chi connectivity index (χ3n) is 4.59. The van der Waals surface area contributed by atoms with Gasteiger partial charge < -0.3 is 4.48 Å². The van der Waals surface area contributed by atoms with Gasteiger partial charge in [0.2, 0.25) is 0 Å². The second kappa shape index (κ2) is 11.5. The molecule has 0 saturated carbocycles. The van der Waals surface area contributed by atoms with Crippen molar-refractivity contribution in [1.29, 1.82) is 5.26 Å². The van der Waals surface area contributed by atoms with Crippen molar-refractivity contribution in [3.63, 3.8) is 0 Å². The first-order valence-corrected chi connectivity index (χ1v) is 12.0. The summed E-state index contributed by atoms with van der Waals surface area (Å²) < 4.78 is 60.4. The van der Waals surface area contributed by atoms with Crippen molar-refractivity contribution in [2.75, 3.05) is 19.6 Å².